The molecule has 0 aliphatic rings. The molecule has 0 atom stereocenters. The first-order valence-electron chi connectivity index (χ1n) is 7.72. The summed E-state index contributed by atoms with van der Waals surface area (Å²) in [6.07, 6.45) is 0.321. The highest BCUT2D eigenvalue weighted by Gasteiger charge is 2.30. The van der Waals surface area contributed by atoms with Crippen molar-refractivity contribution >= 4 is 21.4 Å². The molecule has 1 amide bonds. The van der Waals surface area contributed by atoms with Gasteiger partial charge in [-0.3, -0.25) is 9.48 Å². The summed E-state index contributed by atoms with van der Waals surface area (Å²) in [4.78, 5) is 12.4. The molecule has 0 radical (unpaired) electrons. The van der Waals surface area contributed by atoms with Crippen LogP contribution in [-0.2, 0) is 23.1 Å². The molecule has 0 aliphatic heterocycles. The van der Waals surface area contributed by atoms with E-state index in [1.807, 2.05) is 0 Å². The Kier molecular flexibility index (Phi) is 4.75. The van der Waals surface area contributed by atoms with Gasteiger partial charge in [-0.05, 0) is 24.3 Å². The van der Waals surface area contributed by atoms with Crippen LogP contribution in [0.15, 0.2) is 47.9 Å². The van der Waals surface area contributed by atoms with Crippen LogP contribution in [0.3, 0.4) is 0 Å². The van der Waals surface area contributed by atoms with Crippen molar-refractivity contribution < 1.29 is 26.4 Å². The zero-order valence-corrected chi connectivity index (χ0v) is 15.4. The summed E-state index contributed by atoms with van der Waals surface area (Å²) in [7, 11) is -2.29. The number of aryl methyl sites for hydroxylation is 1. The van der Waals surface area contributed by atoms with E-state index in [-0.39, 0.29) is 16.3 Å². The highest BCUT2D eigenvalue weighted by Crippen LogP contribution is 2.29. The first kappa shape index (κ1) is 19.6. The molecule has 2 aromatic heterocycles. The van der Waals surface area contributed by atoms with Crippen LogP contribution < -0.4 is 5.32 Å². The van der Waals surface area contributed by atoms with E-state index in [1.165, 1.54) is 36.3 Å². The van der Waals surface area contributed by atoms with Gasteiger partial charge in [0.1, 0.15) is 0 Å². The van der Waals surface area contributed by atoms with Crippen molar-refractivity contribution in [3.05, 3.63) is 54.0 Å². The van der Waals surface area contributed by atoms with Gasteiger partial charge in [0.05, 0.1) is 41.1 Å². The average Bonchev–Trinajstić information content (AvgIpc) is 3.20. The van der Waals surface area contributed by atoms with Crippen molar-refractivity contribution in [1.29, 1.82) is 0 Å². The molecule has 3 aromatic rings. The van der Waals surface area contributed by atoms with E-state index < -0.39 is 27.5 Å². The molecule has 0 aliphatic carbocycles. The number of carbonyl (C=O) groups excluding carboxylic acids is 1. The predicted octanol–water partition coefficient (Wildman–Crippen LogP) is 2.28. The Balaban J connectivity index is 1.81. The first-order valence-corrected chi connectivity index (χ1v) is 9.61. The molecule has 148 valence electrons. The van der Waals surface area contributed by atoms with Gasteiger partial charge in [-0.25, -0.2) is 13.1 Å². The van der Waals surface area contributed by atoms with E-state index >= 15 is 0 Å². The maximum atomic E-state index is 12.6. The fraction of sp³-hybridized carbons (Fsp3) is 0.188. The third-order valence-corrected chi connectivity index (χ3v) is 4.97. The number of nitrogens with one attached hydrogen (secondary N) is 1. The smallest absolute Gasteiger partial charge is 0.319 e. The van der Waals surface area contributed by atoms with Crippen LogP contribution in [0.25, 0.3) is 5.69 Å². The van der Waals surface area contributed by atoms with Gasteiger partial charge >= 0.3 is 6.18 Å². The van der Waals surface area contributed by atoms with Crippen LogP contribution in [0, 0.1) is 0 Å². The van der Waals surface area contributed by atoms with E-state index in [4.69, 9.17) is 0 Å². The molecule has 0 fully saturated rings. The topological polar surface area (TPSA) is 98.9 Å². The monoisotopic (exact) mass is 413 g/mol. The number of anilines is 1. The summed E-state index contributed by atoms with van der Waals surface area (Å²) in [6, 6.07) is 4.32. The molecular weight excluding hydrogens is 399 g/mol. The first-order chi connectivity index (χ1) is 13.0. The van der Waals surface area contributed by atoms with Gasteiger partial charge in [0.25, 0.3) is 5.91 Å². The SMILES string of the molecule is Cn1ncc(C(=O)Nc2cnn(-c3ccc(C(F)(F)F)cc3)c2)c1S(C)(=O)=O. The fourth-order valence-electron chi connectivity index (χ4n) is 2.55. The molecule has 8 nitrogen and oxygen atoms in total. The number of aromatic nitrogens is 4. The van der Waals surface area contributed by atoms with E-state index in [0.29, 0.717) is 5.69 Å². The second kappa shape index (κ2) is 6.78. The molecule has 1 aromatic carbocycles. The second-order valence-corrected chi connectivity index (χ2v) is 7.86. The molecule has 28 heavy (non-hydrogen) atoms. The van der Waals surface area contributed by atoms with Crippen molar-refractivity contribution in [3.63, 3.8) is 0 Å². The fourth-order valence-corrected chi connectivity index (χ4v) is 3.62. The van der Waals surface area contributed by atoms with Gasteiger partial charge in [0.2, 0.25) is 0 Å². The van der Waals surface area contributed by atoms with Crippen molar-refractivity contribution in [3.8, 4) is 5.69 Å². The lowest BCUT2D eigenvalue weighted by atomic mass is 10.2. The Labute approximate surface area is 157 Å². The minimum Gasteiger partial charge on any atom is -0.319 e. The molecular formula is C16H14F3N5O3S. The minimum absolute atomic E-state index is 0.132. The normalized spacial score (nSPS) is 12.2. The number of sulfone groups is 1. The Morgan fingerprint density at radius 2 is 1.75 bits per heavy atom. The van der Waals surface area contributed by atoms with Crippen LogP contribution in [0.2, 0.25) is 0 Å². The number of halogens is 3. The Morgan fingerprint density at radius 1 is 1.11 bits per heavy atom. The molecule has 0 unspecified atom stereocenters. The third kappa shape index (κ3) is 3.91. The number of rotatable bonds is 4. The van der Waals surface area contributed by atoms with Gasteiger partial charge in [0, 0.05) is 13.3 Å². The van der Waals surface area contributed by atoms with Crippen LogP contribution in [-0.4, -0.2) is 40.1 Å². The second-order valence-electron chi connectivity index (χ2n) is 5.93. The molecule has 0 bridgehead atoms. The van der Waals surface area contributed by atoms with Crippen molar-refractivity contribution in [2.24, 2.45) is 7.05 Å². The Bertz CT molecular complexity index is 1130. The summed E-state index contributed by atoms with van der Waals surface area (Å²) in [5.41, 5.74) is -0.339. The molecule has 0 spiro atoms. The number of hydrogen-bond donors (Lipinski definition) is 1. The van der Waals surface area contributed by atoms with Crippen LogP contribution >= 0.6 is 0 Å². The van der Waals surface area contributed by atoms with Gasteiger partial charge < -0.3 is 5.32 Å². The van der Waals surface area contributed by atoms with E-state index in [9.17, 15) is 26.4 Å². The highest BCUT2D eigenvalue weighted by atomic mass is 32.2. The van der Waals surface area contributed by atoms with Gasteiger partial charge in [-0.15, -0.1) is 0 Å². The zero-order valence-electron chi connectivity index (χ0n) is 14.6. The summed E-state index contributed by atoms with van der Waals surface area (Å²) < 4.78 is 63.9. The van der Waals surface area contributed by atoms with E-state index in [2.05, 4.69) is 15.5 Å². The lowest BCUT2D eigenvalue weighted by Crippen LogP contribution is -2.16. The number of alkyl halides is 3. The lowest BCUT2D eigenvalue weighted by molar-refractivity contribution is -0.137. The van der Waals surface area contributed by atoms with Gasteiger partial charge in [-0.2, -0.15) is 23.4 Å². The standard InChI is InChI=1S/C16H14F3N5O3S/c1-23-15(28(2,26)27)13(8-20-23)14(25)22-11-7-21-24(9-11)12-5-3-10(4-6-12)16(17,18)19/h3-9H,1-2H3,(H,22,25). The molecule has 12 heteroatoms. The quantitative estimate of drug-likeness (QED) is 0.708. The zero-order chi connectivity index (χ0) is 20.7. The Hall–Kier alpha value is -3.15. The molecule has 2 heterocycles. The predicted molar refractivity (Wildman–Crippen MR) is 92.8 cm³/mol. The largest absolute Gasteiger partial charge is 0.416 e. The molecule has 1 N–H and O–H groups in total. The van der Waals surface area contributed by atoms with Crippen molar-refractivity contribution in [1.82, 2.24) is 19.6 Å². The van der Waals surface area contributed by atoms with Gasteiger partial charge in [0.15, 0.2) is 14.9 Å². The third-order valence-electron chi connectivity index (χ3n) is 3.78. The van der Waals surface area contributed by atoms with Gasteiger partial charge in [-0.1, -0.05) is 0 Å². The number of benzene rings is 1. The maximum absolute atomic E-state index is 12.6. The lowest BCUT2D eigenvalue weighted by Gasteiger charge is -2.07. The molecule has 0 saturated carbocycles. The van der Waals surface area contributed by atoms with Crippen molar-refractivity contribution in [2.75, 3.05) is 11.6 Å². The number of nitrogens with zero attached hydrogens (tertiary/aromatic N) is 4. The Morgan fingerprint density at radius 3 is 2.32 bits per heavy atom. The van der Waals surface area contributed by atoms with Crippen molar-refractivity contribution in [2.45, 2.75) is 11.2 Å². The average molecular weight is 413 g/mol. The molecule has 0 saturated heterocycles. The number of hydrogen-bond acceptors (Lipinski definition) is 5. The summed E-state index contributed by atoms with van der Waals surface area (Å²) in [5, 5.41) is 10.0. The van der Waals surface area contributed by atoms with Crippen LogP contribution in [0.5, 0.6) is 0 Å². The maximum Gasteiger partial charge on any atom is 0.416 e. The minimum atomic E-state index is -4.44. The van der Waals surface area contributed by atoms with E-state index in [0.717, 1.165) is 29.3 Å². The summed E-state index contributed by atoms with van der Waals surface area (Å²) in [5.74, 6) is -0.708. The molecule has 3 rings (SSSR count). The summed E-state index contributed by atoms with van der Waals surface area (Å²) in [6.45, 7) is 0. The van der Waals surface area contributed by atoms with Crippen LogP contribution in [0.4, 0.5) is 18.9 Å². The number of carbonyl (C=O) groups is 1. The van der Waals surface area contributed by atoms with E-state index in [1.54, 1.807) is 0 Å². The number of amides is 1. The summed E-state index contributed by atoms with van der Waals surface area (Å²) >= 11 is 0. The highest BCUT2D eigenvalue weighted by molar-refractivity contribution is 7.90. The van der Waals surface area contributed by atoms with Crippen LogP contribution in [0.1, 0.15) is 15.9 Å².